The van der Waals surface area contributed by atoms with Crippen molar-refractivity contribution in [3.8, 4) is 5.75 Å². The van der Waals surface area contributed by atoms with Gasteiger partial charge in [0.05, 0.1) is 4.90 Å². The summed E-state index contributed by atoms with van der Waals surface area (Å²) in [5, 5.41) is 0. The minimum atomic E-state index is -4.03. The van der Waals surface area contributed by atoms with Crippen molar-refractivity contribution in [3.63, 3.8) is 0 Å². The number of hydrogen-bond acceptors (Lipinski definition) is 5. The van der Waals surface area contributed by atoms with Gasteiger partial charge in [-0.2, -0.15) is 4.72 Å². The molecule has 7 heteroatoms. The lowest BCUT2D eigenvalue weighted by Gasteiger charge is -2.57. The summed E-state index contributed by atoms with van der Waals surface area (Å²) < 4.78 is 41.7. The van der Waals surface area contributed by atoms with Crippen LogP contribution in [-0.4, -0.2) is 26.0 Å². The van der Waals surface area contributed by atoms with Crippen LogP contribution in [0.1, 0.15) is 76.3 Å². The molecule has 35 heavy (non-hydrogen) atoms. The number of ether oxygens (including phenoxy) is 2. The van der Waals surface area contributed by atoms with Gasteiger partial charge in [-0.25, -0.2) is 8.42 Å². The third-order valence-corrected chi connectivity index (χ3v) is 10.2. The minimum absolute atomic E-state index is 0.0815. The summed E-state index contributed by atoms with van der Waals surface area (Å²) in [7, 11) is -4.03. The first kappa shape index (κ1) is 27.2. The van der Waals surface area contributed by atoms with Gasteiger partial charge in [-0.15, -0.1) is 0 Å². The highest BCUT2D eigenvalue weighted by atomic mass is 32.2. The van der Waals surface area contributed by atoms with Crippen LogP contribution in [0.2, 0.25) is 0 Å². The smallest absolute Gasteiger partial charge is 0.324 e. The second-order valence-corrected chi connectivity index (χ2v) is 12.9. The molecule has 0 aliphatic carbocycles. The number of benzene rings is 2. The predicted molar refractivity (Wildman–Crippen MR) is 138 cm³/mol. The zero-order valence-corrected chi connectivity index (χ0v) is 23.4. The maximum atomic E-state index is 13.6. The largest absolute Gasteiger partial charge is 0.487 e. The molecule has 1 heterocycles. The maximum Gasteiger partial charge on any atom is 0.324 e. The van der Waals surface area contributed by atoms with Crippen LogP contribution in [0.15, 0.2) is 35.2 Å². The molecule has 1 N–H and O–H groups in total. The number of hydrogen-bond donors (Lipinski definition) is 1. The molecule has 6 nitrogen and oxygen atoms in total. The lowest BCUT2D eigenvalue weighted by molar-refractivity contribution is -0.146. The van der Waals surface area contributed by atoms with E-state index < -0.39 is 27.6 Å². The number of esters is 1. The molecule has 192 valence electrons. The Kier molecular flexibility index (Phi) is 6.94. The second-order valence-electron chi connectivity index (χ2n) is 11.2. The van der Waals surface area contributed by atoms with Crippen molar-refractivity contribution >= 4 is 16.0 Å². The van der Waals surface area contributed by atoms with Gasteiger partial charge in [0, 0.05) is 16.4 Å². The van der Waals surface area contributed by atoms with E-state index in [4.69, 9.17) is 9.47 Å². The molecule has 0 fully saturated rings. The van der Waals surface area contributed by atoms with Gasteiger partial charge in [0.1, 0.15) is 24.0 Å². The third kappa shape index (κ3) is 4.49. The molecule has 0 saturated heterocycles. The Morgan fingerprint density at radius 1 is 0.971 bits per heavy atom. The van der Waals surface area contributed by atoms with Gasteiger partial charge in [-0.1, -0.05) is 58.0 Å². The highest BCUT2D eigenvalue weighted by Crippen LogP contribution is 2.58. The van der Waals surface area contributed by atoms with Crippen molar-refractivity contribution in [1.82, 2.24) is 4.72 Å². The topological polar surface area (TPSA) is 81.7 Å². The van der Waals surface area contributed by atoms with Gasteiger partial charge in [0.25, 0.3) is 0 Å². The highest BCUT2D eigenvalue weighted by Gasteiger charge is 2.56. The lowest BCUT2D eigenvalue weighted by atomic mass is 9.55. The SMILES string of the molecule is Cc1c(C)c(S(=O)(=O)N[C@@H](C)C(=O)OCc2ccccc2)c(C)c2c1OC(C)(C)C(C)(C)C2(C)C. The van der Waals surface area contributed by atoms with Gasteiger partial charge in [0.2, 0.25) is 10.0 Å². The standard InChI is InChI=1S/C28H39NO5S/c1-17-18(2)24(19(3)22-23(17)34-28(9,10)27(7,8)26(22,5)6)35(31,32)29-20(4)25(30)33-16-21-14-12-11-13-15-21/h11-15,20,29H,16H2,1-10H3/t20-/m0/s1. The Labute approximate surface area is 210 Å². The fourth-order valence-corrected chi connectivity index (χ4v) is 6.76. The molecule has 1 aliphatic rings. The van der Waals surface area contributed by atoms with E-state index in [-0.39, 0.29) is 22.3 Å². The van der Waals surface area contributed by atoms with Gasteiger partial charge < -0.3 is 9.47 Å². The average Bonchev–Trinajstić information content (AvgIpc) is 2.74. The quantitative estimate of drug-likeness (QED) is 0.529. The molecule has 1 atom stereocenters. The van der Waals surface area contributed by atoms with Crippen molar-refractivity contribution in [2.45, 2.75) is 97.8 Å². The van der Waals surface area contributed by atoms with Gasteiger partial charge in [0.15, 0.2) is 0 Å². The lowest BCUT2D eigenvalue weighted by Crippen LogP contribution is -2.58. The average molecular weight is 502 g/mol. The van der Waals surface area contributed by atoms with Crippen LogP contribution < -0.4 is 9.46 Å². The first-order chi connectivity index (χ1) is 16.0. The van der Waals surface area contributed by atoms with Crippen LogP contribution in [0.25, 0.3) is 0 Å². The van der Waals surface area contributed by atoms with Gasteiger partial charge >= 0.3 is 5.97 Å². The number of fused-ring (bicyclic) bond motifs is 1. The van der Waals surface area contributed by atoms with Gasteiger partial charge in [-0.3, -0.25) is 4.79 Å². The normalized spacial score (nSPS) is 18.8. The molecule has 1 aliphatic heterocycles. The molecular weight excluding hydrogens is 462 g/mol. The zero-order valence-electron chi connectivity index (χ0n) is 22.6. The Balaban J connectivity index is 1.99. The van der Waals surface area contributed by atoms with E-state index in [1.165, 1.54) is 6.92 Å². The molecule has 0 radical (unpaired) electrons. The molecule has 0 aromatic heterocycles. The molecule has 2 aromatic rings. The fraction of sp³-hybridized carbons (Fsp3) is 0.536. The monoisotopic (exact) mass is 501 g/mol. The van der Waals surface area contributed by atoms with Crippen LogP contribution in [0.3, 0.4) is 0 Å². The molecule has 0 amide bonds. The van der Waals surface area contributed by atoms with Crippen molar-refractivity contribution in [2.24, 2.45) is 5.41 Å². The Bertz CT molecular complexity index is 1240. The van der Waals surface area contributed by atoms with Crippen LogP contribution in [0.5, 0.6) is 5.75 Å². The van der Waals surface area contributed by atoms with Crippen molar-refractivity contribution < 1.29 is 22.7 Å². The maximum absolute atomic E-state index is 13.6. The predicted octanol–water partition coefficient (Wildman–Crippen LogP) is 5.50. The van der Waals surface area contributed by atoms with Crippen LogP contribution >= 0.6 is 0 Å². The zero-order chi connectivity index (χ0) is 26.6. The Morgan fingerprint density at radius 2 is 1.54 bits per heavy atom. The minimum Gasteiger partial charge on any atom is -0.487 e. The second kappa shape index (κ2) is 8.93. The molecule has 0 saturated carbocycles. The molecule has 0 unspecified atom stereocenters. The summed E-state index contributed by atoms with van der Waals surface area (Å²) in [5.41, 5.74) is 2.66. The Hall–Kier alpha value is -2.38. The Morgan fingerprint density at radius 3 is 2.11 bits per heavy atom. The molecular formula is C28H39NO5S. The number of sulfonamides is 1. The number of nitrogens with one attached hydrogen (secondary N) is 1. The fourth-order valence-electron chi connectivity index (χ4n) is 5.02. The van der Waals surface area contributed by atoms with E-state index in [0.29, 0.717) is 11.1 Å². The van der Waals surface area contributed by atoms with Crippen molar-refractivity contribution in [1.29, 1.82) is 0 Å². The molecule has 0 bridgehead atoms. The summed E-state index contributed by atoms with van der Waals surface area (Å²) >= 11 is 0. The summed E-state index contributed by atoms with van der Waals surface area (Å²) in [6.07, 6.45) is 0. The van der Waals surface area contributed by atoms with Crippen LogP contribution in [0.4, 0.5) is 0 Å². The molecule has 3 rings (SSSR count). The van der Waals surface area contributed by atoms with E-state index in [0.717, 1.165) is 22.4 Å². The third-order valence-electron chi connectivity index (χ3n) is 8.41. The first-order valence-corrected chi connectivity index (χ1v) is 13.5. The summed E-state index contributed by atoms with van der Waals surface area (Å²) in [4.78, 5) is 12.8. The number of rotatable bonds is 6. The number of carbonyl (C=O) groups is 1. The van der Waals surface area contributed by atoms with E-state index >= 15 is 0 Å². The molecule has 0 spiro atoms. The van der Waals surface area contributed by atoms with E-state index in [1.807, 2.05) is 44.2 Å². The van der Waals surface area contributed by atoms with E-state index in [1.54, 1.807) is 6.92 Å². The van der Waals surface area contributed by atoms with E-state index in [9.17, 15) is 13.2 Å². The summed E-state index contributed by atoms with van der Waals surface area (Å²) in [6, 6.07) is 8.23. The van der Waals surface area contributed by atoms with Gasteiger partial charge in [-0.05, 0) is 63.8 Å². The summed E-state index contributed by atoms with van der Waals surface area (Å²) in [5.74, 6) is 0.123. The van der Waals surface area contributed by atoms with Crippen LogP contribution in [-0.2, 0) is 31.6 Å². The first-order valence-electron chi connectivity index (χ1n) is 12.0. The molecule has 2 aromatic carbocycles. The highest BCUT2D eigenvalue weighted by molar-refractivity contribution is 7.89. The number of carbonyl (C=O) groups excluding carboxylic acids is 1. The van der Waals surface area contributed by atoms with Crippen LogP contribution in [0, 0.1) is 26.2 Å². The van der Waals surface area contributed by atoms with E-state index in [2.05, 4.69) is 46.3 Å². The van der Waals surface area contributed by atoms with Crippen molar-refractivity contribution in [2.75, 3.05) is 0 Å². The summed E-state index contributed by atoms with van der Waals surface area (Å²) in [6.45, 7) is 19.9. The van der Waals surface area contributed by atoms with Crippen molar-refractivity contribution in [3.05, 3.63) is 58.1 Å².